The number of aliphatic hydroxyl groups is 1. The van der Waals surface area contributed by atoms with Crippen LogP contribution in [-0.2, 0) is 11.3 Å². The van der Waals surface area contributed by atoms with E-state index in [4.69, 9.17) is 4.74 Å². The monoisotopic (exact) mass is 320 g/mol. The summed E-state index contributed by atoms with van der Waals surface area (Å²) in [6.07, 6.45) is 1.72. The number of likely N-dealkylation sites (tertiary alicyclic amines) is 1. The van der Waals surface area contributed by atoms with Crippen LogP contribution >= 0.6 is 0 Å². The number of aliphatic hydroxyl groups excluding tert-OH is 1. The molecule has 0 saturated carbocycles. The SMILES string of the molecule is COc1cccc(CN2CCC(C(=O)NC(C)(C)CO)CC2)c1. The highest BCUT2D eigenvalue weighted by Gasteiger charge is 2.28. The maximum absolute atomic E-state index is 12.3. The third-order valence-electron chi connectivity index (χ3n) is 4.36. The Balaban J connectivity index is 1.82. The van der Waals surface area contributed by atoms with Crippen molar-refractivity contribution >= 4 is 5.91 Å². The summed E-state index contributed by atoms with van der Waals surface area (Å²) < 4.78 is 5.26. The predicted molar refractivity (Wildman–Crippen MR) is 90.3 cm³/mol. The number of hydrogen-bond donors (Lipinski definition) is 2. The molecule has 0 spiro atoms. The Bertz CT molecular complexity index is 523. The molecule has 1 aromatic rings. The summed E-state index contributed by atoms with van der Waals surface area (Å²) in [4.78, 5) is 14.6. The van der Waals surface area contributed by atoms with Crippen LogP contribution in [0.1, 0.15) is 32.3 Å². The second-order valence-corrected chi connectivity index (χ2v) is 6.93. The number of nitrogens with zero attached hydrogens (tertiary/aromatic N) is 1. The molecule has 1 heterocycles. The summed E-state index contributed by atoms with van der Waals surface area (Å²) >= 11 is 0. The molecule has 0 unspecified atom stereocenters. The van der Waals surface area contributed by atoms with Crippen molar-refractivity contribution in [3.8, 4) is 5.75 Å². The van der Waals surface area contributed by atoms with Crippen LogP contribution in [0.25, 0.3) is 0 Å². The fraction of sp³-hybridized carbons (Fsp3) is 0.611. The summed E-state index contributed by atoms with van der Waals surface area (Å²) in [5.41, 5.74) is 0.683. The fourth-order valence-corrected chi connectivity index (χ4v) is 2.86. The van der Waals surface area contributed by atoms with Crippen molar-refractivity contribution in [3.05, 3.63) is 29.8 Å². The Kier molecular flexibility index (Phi) is 6.02. The Morgan fingerprint density at radius 3 is 2.70 bits per heavy atom. The summed E-state index contributed by atoms with van der Waals surface area (Å²) in [5.74, 6) is 0.982. The molecule has 0 atom stereocenters. The first-order valence-electron chi connectivity index (χ1n) is 8.22. The van der Waals surface area contributed by atoms with Crippen molar-refractivity contribution in [1.82, 2.24) is 10.2 Å². The van der Waals surface area contributed by atoms with E-state index in [1.165, 1.54) is 5.56 Å². The topological polar surface area (TPSA) is 61.8 Å². The second kappa shape index (κ2) is 7.79. The Morgan fingerprint density at radius 1 is 1.39 bits per heavy atom. The van der Waals surface area contributed by atoms with Crippen molar-refractivity contribution in [2.75, 3.05) is 26.8 Å². The quantitative estimate of drug-likeness (QED) is 0.839. The van der Waals surface area contributed by atoms with Gasteiger partial charge in [-0.05, 0) is 57.5 Å². The highest BCUT2D eigenvalue weighted by Crippen LogP contribution is 2.21. The molecular weight excluding hydrogens is 292 g/mol. The van der Waals surface area contributed by atoms with Crippen molar-refractivity contribution in [3.63, 3.8) is 0 Å². The Labute approximate surface area is 138 Å². The highest BCUT2D eigenvalue weighted by molar-refractivity contribution is 5.79. The third kappa shape index (κ3) is 5.22. The van der Waals surface area contributed by atoms with Crippen LogP contribution < -0.4 is 10.1 Å². The normalized spacial score (nSPS) is 17.0. The average Bonchev–Trinajstić information content (AvgIpc) is 2.55. The van der Waals surface area contributed by atoms with E-state index in [1.807, 2.05) is 26.0 Å². The molecule has 1 amide bonds. The van der Waals surface area contributed by atoms with Gasteiger partial charge in [0.1, 0.15) is 5.75 Å². The number of methoxy groups -OCH3 is 1. The summed E-state index contributed by atoms with van der Waals surface area (Å²) in [6.45, 7) is 6.33. The average molecular weight is 320 g/mol. The minimum Gasteiger partial charge on any atom is -0.497 e. The number of nitrogens with one attached hydrogen (secondary N) is 1. The lowest BCUT2D eigenvalue weighted by Gasteiger charge is -2.33. The van der Waals surface area contributed by atoms with Crippen LogP contribution in [0.15, 0.2) is 24.3 Å². The zero-order valence-corrected chi connectivity index (χ0v) is 14.3. The van der Waals surface area contributed by atoms with E-state index in [0.717, 1.165) is 38.2 Å². The number of carbonyl (C=O) groups is 1. The number of benzene rings is 1. The van der Waals surface area contributed by atoms with E-state index in [9.17, 15) is 9.90 Å². The zero-order valence-electron chi connectivity index (χ0n) is 14.3. The van der Waals surface area contributed by atoms with E-state index in [1.54, 1.807) is 7.11 Å². The molecule has 128 valence electrons. The molecule has 0 aliphatic carbocycles. The molecular formula is C18H28N2O3. The molecule has 2 rings (SSSR count). The van der Waals surface area contributed by atoms with Crippen LogP contribution in [-0.4, -0.2) is 48.3 Å². The minimum atomic E-state index is -0.547. The second-order valence-electron chi connectivity index (χ2n) is 6.93. The smallest absolute Gasteiger partial charge is 0.223 e. The van der Waals surface area contributed by atoms with Crippen molar-refractivity contribution in [2.24, 2.45) is 5.92 Å². The number of ether oxygens (including phenoxy) is 1. The molecule has 5 nitrogen and oxygen atoms in total. The lowest BCUT2D eigenvalue weighted by atomic mass is 9.94. The molecule has 2 N–H and O–H groups in total. The number of amides is 1. The molecule has 0 bridgehead atoms. The summed E-state index contributed by atoms with van der Waals surface area (Å²) in [7, 11) is 1.68. The molecule has 1 aliphatic rings. The summed E-state index contributed by atoms with van der Waals surface area (Å²) in [5, 5.41) is 12.2. The minimum absolute atomic E-state index is 0.0439. The van der Waals surface area contributed by atoms with Gasteiger partial charge in [-0.1, -0.05) is 12.1 Å². The molecule has 5 heteroatoms. The van der Waals surface area contributed by atoms with Gasteiger partial charge in [0.2, 0.25) is 5.91 Å². The van der Waals surface area contributed by atoms with Crippen LogP contribution in [0.2, 0.25) is 0 Å². The number of hydrogen-bond acceptors (Lipinski definition) is 4. The van der Waals surface area contributed by atoms with Crippen LogP contribution in [0.4, 0.5) is 0 Å². The first kappa shape index (κ1) is 17.8. The van der Waals surface area contributed by atoms with Gasteiger partial charge in [0.05, 0.1) is 19.3 Å². The van der Waals surface area contributed by atoms with Gasteiger partial charge in [0.15, 0.2) is 0 Å². The van der Waals surface area contributed by atoms with Crippen LogP contribution in [0, 0.1) is 5.92 Å². The summed E-state index contributed by atoms with van der Waals surface area (Å²) in [6, 6.07) is 8.11. The van der Waals surface area contributed by atoms with Crippen molar-refractivity contribution < 1.29 is 14.6 Å². The van der Waals surface area contributed by atoms with Gasteiger partial charge < -0.3 is 15.2 Å². The zero-order chi connectivity index (χ0) is 16.9. The van der Waals surface area contributed by atoms with Gasteiger partial charge in [0.25, 0.3) is 0 Å². The van der Waals surface area contributed by atoms with Crippen LogP contribution in [0.3, 0.4) is 0 Å². The number of rotatable bonds is 6. The predicted octanol–water partition coefficient (Wildman–Crippen LogP) is 1.79. The van der Waals surface area contributed by atoms with Gasteiger partial charge in [0, 0.05) is 12.5 Å². The lowest BCUT2D eigenvalue weighted by Crippen LogP contribution is -2.50. The lowest BCUT2D eigenvalue weighted by molar-refractivity contribution is -0.128. The first-order chi connectivity index (χ1) is 10.9. The largest absolute Gasteiger partial charge is 0.497 e. The third-order valence-corrected chi connectivity index (χ3v) is 4.36. The number of carbonyl (C=O) groups excluding carboxylic acids is 1. The number of piperidine rings is 1. The molecule has 1 saturated heterocycles. The highest BCUT2D eigenvalue weighted by atomic mass is 16.5. The maximum atomic E-state index is 12.3. The van der Waals surface area contributed by atoms with Crippen molar-refractivity contribution in [1.29, 1.82) is 0 Å². The van der Waals surface area contributed by atoms with E-state index in [-0.39, 0.29) is 18.4 Å². The molecule has 1 aromatic carbocycles. The first-order valence-corrected chi connectivity index (χ1v) is 8.22. The van der Waals surface area contributed by atoms with Gasteiger partial charge in [-0.2, -0.15) is 0 Å². The van der Waals surface area contributed by atoms with Crippen LogP contribution in [0.5, 0.6) is 5.75 Å². The van der Waals surface area contributed by atoms with Crippen molar-refractivity contribution in [2.45, 2.75) is 38.8 Å². The van der Waals surface area contributed by atoms with E-state index < -0.39 is 5.54 Å². The molecule has 23 heavy (non-hydrogen) atoms. The van der Waals surface area contributed by atoms with E-state index in [0.29, 0.717) is 0 Å². The molecule has 0 aromatic heterocycles. The molecule has 0 radical (unpaired) electrons. The Hall–Kier alpha value is -1.59. The van der Waals surface area contributed by atoms with Gasteiger partial charge in [-0.25, -0.2) is 0 Å². The van der Waals surface area contributed by atoms with Gasteiger partial charge >= 0.3 is 0 Å². The fourth-order valence-electron chi connectivity index (χ4n) is 2.86. The Morgan fingerprint density at radius 2 is 2.09 bits per heavy atom. The van der Waals surface area contributed by atoms with Gasteiger partial charge in [-0.3, -0.25) is 9.69 Å². The standard InChI is InChI=1S/C18H28N2O3/c1-18(2,13-21)19-17(22)15-7-9-20(10-8-15)12-14-5-4-6-16(11-14)23-3/h4-6,11,15,21H,7-10,12-13H2,1-3H3,(H,19,22). The van der Waals surface area contributed by atoms with E-state index >= 15 is 0 Å². The molecule has 1 aliphatic heterocycles. The van der Waals surface area contributed by atoms with Gasteiger partial charge in [-0.15, -0.1) is 0 Å². The maximum Gasteiger partial charge on any atom is 0.223 e. The molecule has 1 fully saturated rings. The van der Waals surface area contributed by atoms with E-state index in [2.05, 4.69) is 22.3 Å².